The molecule has 1 aromatic carbocycles. The molecule has 1 aromatic heterocycles. The van der Waals surface area contributed by atoms with Crippen molar-refractivity contribution in [3.63, 3.8) is 0 Å². The minimum Gasteiger partial charge on any atom is -0.450 e. The smallest absolute Gasteiger partial charge is 0.374 e. The molecule has 1 N–H and O–H groups in total. The molecule has 132 valence electrons. The molecule has 0 atom stereocenters. The third-order valence-electron chi connectivity index (χ3n) is 4.19. The number of ether oxygens (including phenoxy) is 1. The van der Waals surface area contributed by atoms with Crippen LogP contribution < -0.4 is 10.7 Å². The highest BCUT2D eigenvalue weighted by Crippen LogP contribution is 2.18. The molecule has 1 aliphatic rings. The maximum atomic E-state index is 12.1. The van der Waals surface area contributed by atoms with Crippen molar-refractivity contribution in [1.82, 2.24) is 5.32 Å². The van der Waals surface area contributed by atoms with E-state index in [4.69, 9.17) is 20.8 Å². The third-order valence-corrected chi connectivity index (χ3v) is 4.43. The molecule has 0 unspecified atom stereocenters. The van der Waals surface area contributed by atoms with E-state index in [2.05, 4.69) is 5.32 Å². The van der Waals surface area contributed by atoms with Crippen molar-refractivity contribution < 1.29 is 18.7 Å². The van der Waals surface area contributed by atoms with E-state index in [1.807, 2.05) is 0 Å². The van der Waals surface area contributed by atoms with Gasteiger partial charge in [-0.05, 0) is 31.0 Å². The van der Waals surface area contributed by atoms with Crippen LogP contribution in [0.15, 0.2) is 33.5 Å². The van der Waals surface area contributed by atoms with Gasteiger partial charge in [-0.1, -0.05) is 30.9 Å². The number of nitrogens with one attached hydrogen (secondary N) is 1. The molecular weight excluding hydrogens is 346 g/mol. The summed E-state index contributed by atoms with van der Waals surface area (Å²) >= 11 is 5.84. The van der Waals surface area contributed by atoms with Gasteiger partial charge in [-0.15, -0.1) is 0 Å². The van der Waals surface area contributed by atoms with Gasteiger partial charge in [0, 0.05) is 17.1 Å². The van der Waals surface area contributed by atoms with E-state index in [1.165, 1.54) is 18.6 Å². The van der Waals surface area contributed by atoms with Crippen LogP contribution in [0.3, 0.4) is 0 Å². The summed E-state index contributed by atoms with van der Waals surface area (Å²) in [5.74, 6) is -1.45. The van der Waals surface area contributed by atoms with Gasteiger partial charge >= 0.3 is 5.97 Å². The topological polar surface area (TPSA) is 85.6 Å². The lowest BCUT2D eigenvalue weighted by molar-refractivity contribution is -0.125. The molecular formula is C18H18ClNO5. The Balaban J connectivity index is 1.63. The predicted octanol–water partition coefficient (Wildman–Crippen LogP) is 3.05. The molecule has 0 spiro atoms. The lowest BCUT2D eigenvalue weighted by Gasteiger charge is -2.22. The summed E-state index contributed by atoms with van der Waals surface area (Å²) in [4.78, 5) is 36.0. The SMILES string of the molecule is O=C(COC(=O)c1cc(=O)c2cc(Cl)ccc2o1)NC1CCCCC1. The van der Waals surface area contributed by atoms with Crippen LogP contribution in [-0.2, 0) is 9.53 Å². The van der Waals surface area contributed by atoms with Crippen LogP contribution in [-0.4, -0.2) is 24.5 Å². The van der Waals surface area contributed by atoms with E-state index in [0.29, 0.717) is 5.02 Å². The fourth-order valence-corrected chi connectivity index (χ4v) is 3.12. The number of hydrogen-bond acceptors (Lipinski definition) is 5. The van der Waals surface area contributed by atoms with Crippen LogP contribution in [0.4, 0.5) is 0 Å². The highest BCUT2D eigenvalue weighted by atomic mass is 35.5. The van der Waals surface area contributed by atoms with Crippen molar-refractivity contribution in [3.05, 3.63) is 45.3 Å². The van der Waals surface area contributed by atoms with Crippen molar-refractivity contribution in [2.75, 3.05) is 6.61 Å². The van der Waals surface area contributed by atoms with Gasteiger partial charge in [0.15, 0.2) is 12.0 Å². The standard InChI is InChI=1S/C18H18ClNO5/c19-11-6-7-15-13(8-11)14(21)9-16(25-15)18(23)24-10-17(22)20-12-4-2-1-3-5-12/h6-9,12H,1-5,10H2,(H,20,22). The minimum atomic E-state index is -0.854. The van der Waals surface area contributed by atoms with Crippen LogP contribution in [0.25, 0.3) is 11.0 Å². The second-order valence-electron chi connectivity index (χ2n) is 6.09. The Kier molecular flexibility index (Phi) is 5.38. The maximum absolute atomic E-state index is 12.1. The maximum Gasteiger partial charge on any atom is 0.374 e. The summed E-state index contributed by atoms with van der Waals surface area (Å²) in [6, 6.07) is 5.71. The largest absolute Gasteiger partial charge is 0.450 e. The van der Waals surface area contributed by atoms with Gasteiger partial charge in [0.2, 0.25) is 5.76 Å². The third kappa shape index (κ3) is 4.39. The molecule has 6 nitrogen and oxygen atoms in total. The molecule has 1 heterocycles. The average molecular weight is 364 g/mol. The van der Waals surface area contributed by atoms with Crippen LogP contribution in [0.5, 0.6) is 0 Å². The monoisotopic (exact) mass is 363 g/mol. The van der Waals surface area contributed by atoms with Crippen LogP contribution in [0, 0.1) is 0 Å². The molecule has 7 heteroatoms. The molecule has 1 amide bonds. The van der Waals surface area contributed by atoms with Crippen LogP contribution >= 0.6 is 11.6 Å². The van der Waals surface area contributed by atoms with E-state index in [-0.39, 0.29) is 28.7 Å². The van der Waals surface area contributed by atoms with Crippen LogP contribution in [0.2, 0.25) is 5.02 Å². The summed E-state index contributed by atoms with van der Waals surface area (Å²) in [5, 5.41) is 3.52. The van der Waals surface area contributed by atoms with Gasteiger partial charge in [0.25, 0.3) is 5.91 Å². The quantitative estimate of drug-likeness (QED) is 0.844. The van der Waals surface area contributed by atoms with Gasteiger partial charge in [0.05, 0.1) is 5.39 Å². The van der Waals surface area contributed by atoms with E-state index in [1.54, 1.807) is 6.07 Å². The second kappa shape index (κ2) is 7.70. The first kappa shape index (κ1) is 17.5. The molecule has 1 aliphatic carbocycles. The Morgan fingerprint density at radius 3 is 2.72 bits per heavy atom. The Bertz CT molecular complexity index is 854. The second-order valence-corrected chi connectivity index (χ2v) is 6.53. The van der Waals surface area contributed by atoms with Crippen molar-refractivity contribution >= 4 is 34.4 Å². The number of fused-ring (bicyclic) bond motifs is 1. The predicted molar refractivity (Wildman–Crippen MR) is 92.8 cm³/mol. The van der Waals surface area contributed by atoms with Gasteiger partial charge in [-0.25, -0.2) is 4.79 Å². The number of halogens is 1. The number of benzene rings is 1. The molecule has 0 bridgehead atoms. The zero-order chi connectivity index (χ0) is 17.8. The van der Waals surface area contributed by atoms with Gasteiger partial charge in [0.1, 0.15) is 5.58 Å². The minimum absolute atomic E-state index is 0.142. The number of rotatable bonds is 4. The van der Waals surface area contributed by atoms with Crippen LogP contribution in [0.1, 0.15) is 42.7 Å². The van der Waals surface area contributed by atoms with Gasteiger partial charge < -0.3 is 14.5 Å². The average Bonchev–Trinajstić information content (AvgIpc) is 2.61. The molecule has 0 saturated heterocycles. The molecule has 1 saturated carbocycles. The van der Waals surface area contributed by atoms with E-state index >= 15 is 0 Å². The van der Waals surface area contributed by atoms with E-state index < -0.39 is 18.0 Å². The molecule has 3 rings (SSSR count). The van der Waals surface area contributed by atoms with Crippen molar-refractivity contribution in [2.24, 2.45) is 0 Å². The summed E-state index contributed by atoms with van der Waals surface area (Å²) < 4.78 is 10.3. The number of esters is 1. The summed E-state index contributed by atoms with van der Waals surface area (Å²) in [6.07, 6.45) is 5.27. The lowest BCUT2D eigenvalue weighted by atomic mass is 9.95. The number of amides is 1. The van der Waals surface area contributed by atoms with Crippen molar-refractivity contribution in [1.29, 1.82) is 0 Å². The Morgan fingerprint density at radius 1 is 1.20 bits per heavy atom. The normalized spacial score (nSPS) is 15.1. The zero-order valence-electron chi connectivity index (χ0n) is 13.5. The van der Waals surface area contributed by atoms with E-state index in [0.717, 1.165) is 31.7 Å². The first-order valence-corrected chi connectivity index (χ1v) is 8.60. The summed E-state index contributed by atoms with van der Waals surface area (Å²) in [7, 11) is 0. The Morgan fingerprint density at radius 2 is 1.96 bits per heavy atom. The Hall–Kier alpha value is -2.34. The Labute approximate surface area is 149 Å². The number of hydrogen-bond donors (Lipinski definition) is 1. The number of carbonyl (C=O) groups excluding carboxylic acids is 2. The number of carbonyl (C=O) groups is 2. The summed E-state index contributed by atoms with van der Waals surface area (Å²) in [6.45, 7) is -0.405. The highest BCUT2D eigenvalue weighted by Gasteiger charge is 2.18. The molecule has 0 aliphatic heterocycles. The molecule has 25 heavy (non-hydrogen) atoms. The molecule has 1 fully saturated rings. The summed E-state index contributed by atoms with van der Waals surface area (Å²) in [5.41, 5.74) is -0.169. The molecule has 0 radical (unpaired) electrons. The van der Waals surface area contributed by atoms with Gasteiger partial charge in [-0.2, -0.15) is 0 Å². The highest BCUT2D eigenvalue weighted by molar-refractivity contribution is 6.31. The lowest BCUT2D eigenvalue weighted by Crippen LogP contribution is -2.38. The molecule has 2 aromatic rings. The van der Waals surface area contributed by atoms with Crippen molar-refractivity contribution in [2.45, 2.75) is 38.1 Å². The first-order chi connectivity index (χ1) is 12.0. The first-order valence-electron chi connectivity index (χ1n) is 8.23. The fraction of sp³-hybridized carbons (Fsp3) is 0.389. The zero-order valence-corrected chi connectivity index (χ0v) is 14.3. The fourth-order valence-electron chi connectivity index (χ4n) is 2.95. The van der Waals surface area contributed by atoms with E-state index in [9.17, 15) is 14.4 Å². The van der Waals surface area contributed by atoms with Crippen molar-refractivity contribution in [3.8, 4) is 0 Å². The van der Waals surface area contributed by atoms with Gasteiger partial charge in [-0.3, -0.25) is 9.59 Å².